The molecule has 0 aliphatic heterocycles. The molecule has 0 rings (SSSR count). The molecule has 128 valence electrons. The van der Waals surface area contributed by atoms with E-state index in [1.807, 2.05) is 0 Å². The van der Waals surface area contributed by atoms with Crippen LogP contribution < -0.4 is 0 Å². The zero-order valence-corrected chi connectivity index (χ0v) is 15.0. The largest absolute Gasteiger partial charge is 0.395 e. The first-order valence-corrected chi connectivity index (χ1v) is 6.79. The molecule has 0 aliphatic rings. The minimum absolute atomic E-state index is 0. The van der Waals surface area contributed by atoms with Gasteiger partial charge in [0.05, 0.1) is 39.6 Å². The van der Waals surface area contributed by atoms with E-state index >= 15 is 0 Å². The van der Waals surface area contributed by atoms with Crippen LogP contribution in [-0.2, 0) is 26.2 Å². The van der Waals surface area contributed by atoms with E-state index in [1.165, 1.54) is 0 Å². The van der Waals surface area contributed by atoms with Crippen LogP contribution in [0.15, 0.2) is 0 Å². The number of aliphatic hydroxyl groups excluding tert-OH is 6. The van der Waals surface area contributed by atoms with E-state index < -0.39 is 0 Å². The van der Waals surface area contributed by atoms with E-state index in [0.29, 0.717) is 39.3 Å². The van der Waals surface area contributed by atoms with E-state index in [4.69, 9.17) is 30.6 Å². The molecule has 0 heterocycles. The zero-order chi connectivity index (χ0) is 15.6. The number of aliphatic hydroxyl groups is 6. The van der Waals surface area contributed by atoms with Gasteiger partial charge < -0.3 is 30.6 Å². The summed E-state index contributed by atoms with van der Waals surface area (Å²) in [6.07, 6.45) is 0. The second kappa shape index (κ2) is 22.8. The number of rotatable bonds is 12. The fourth-order valence-electron chi connectivity index (χ4n) is 1.52. The predicted molar refractivity (Wildman–Crippen MR) is 75.4 cm³/mol. The van der Waals surface area contributed by atoms with Crippen molar-refractivity contribution in [2.24, 2.45) is 0 Å². The normalized spacial score (nSPS) is 10.3. The third-order valence-electron chi connectivity index (χ3n) is 2.50. The summed E-state index contributed by atoms with van der Waals surface area (Å²) in [7, 11) is 0. The molecule has 0 saturated carbocycles. The van der Waals surface area contributed by atoms with Crippen LogP contribution in [0.2, 0.25) is 0 Å². The van der Waals surface area contributed by atoms with E-state index in [-0.39, 0.29) is 65.8 Å². The number of hydrogen-bond donors (Lipinski definition) is 6. The summed E-state index contributed by atoms with van der Waals surface area (Å²) in [5.41, 5.74) is 0. The quantitative estimate of drug-likeness (QED) is 0.203. The molecule has 6 N–H and O–H groups in total. The van der Waals surface area contributed by atoms with E-state index in [2.05, 4.69) is 0 Å². The van der Waals surface area contributed by atoms with Crippen molar-refractivity contribution in [3.05, 3.63) is 0 Å². The van der Waals surface area contributed by atoms with Crippen molar-refractivity contribution in [1.82, 2.24) is 9.80 Å². The molecule has 21 heavy (non-hydrogen) atoms. The molecule has 0 radical (unpaired) electrons. The molecule has 0 amide bonds. The van der Waals surface area contributed by atoms with Gasteiger partial charge in [-0.3, -0.25) is 9.80 Å². The first-order chi connectivity index (χ1) is 9.69. The summed E-state index contributed by atoms with van der Waals surface area (Å²) < 4.78 is 0. The molecule has 0 aromatic heterocycles. The topological polar surface area (TPSA) is 128 Å². The fourth-order valence-corrected chi connectivity index (χ4v) is 1.52. The third kappa shape index (κ3) is 20.6. The molecule has 0 fully saturated rings. The Kier molecular flexibility index (Phi) is 28.8. The smallest absolute Gasteiger partial charge is 0.0558 e. The van der Waals surface area contributed by atoms with Gasteiger partial charge in [0.2, 0.25) is 0 Å². The van der Waals surface area contributed by atoms with Crippen LogP contribution in [0.4, 0.5) is 0 Å². The van der Waals surface area contributed by atoms with Gasteiger partial charge in [-0.1, -0.05) is 0 Å². The molecule has 0 saturated heterocycles. The maximum absolute atomic E-state index is 8.48. The van der Waals surface area contributed by atoms with Gasteiger partial charge in [-0.25, -0.2) is 0 Å². The van der Waals surface area contributed by atoms with Gasteiger partial charge in [0.25, 0.3) is 0 Å². The fraction of sp³-hybridized carbons (Fsp3) is 1.00. The molecule has 0 aromatic rings. The summed E-state index contributed by atoms with van der Waals surface area (Å²) in [5, 5.41) is 50.9. The molecule has 0 bridgehead atoms. The van der Waals surface area contributed by atoms with Crippen LogP contribution in [0.3, 0.4) is 0 Å². The number of hydrogen-bond acceptors (Lipinski definition) is 8. The van der Waals surface area contributed by atoms with Crippen molar-refractivity contribution < 1.29 is 56.8 Å². The molecular weight excluding hydrogens is 359 g/mol. The van der Waals surface area contributed by atoms with Gasteiger partial charge in [-0.05, 0) is 0 Å². The van der Waals surface area contributed by atoms with E-state index in [9.17, 15) is 0 Å². The third-order valence-corrected chi connectivity index (χ3v) is 2.50. The summed E-state index contributed by atoms with van der Waals surface area (Å²) in [5.74, 6) is 0. The Bertz CT molecular complexity index is 135. The van der Waals surface area contributed by atoms with Gasteiger partial charge in [0.15, 0.2) is 0 Å². The Balaban J connectivity index is -0.000000295. The molecule has 0 aromatic carbocycles. The van der Waals surface area contributed by atoms with Crippen LogP contribution in [0.25, 0.3) is 0 Å². The molecule has 8 nitrogen and oxygen atoms in total. The first-order valence-electron chi connectivity index (χ1n) is 6.79. The van der Waals surface area contributed by atoms with E-state index in [1.54, 1.807) is 9.80 Å². The Morgan fingerprint density at radius 1 is 0.381 bits per heavy atom. The van der Waals surface area contributed by atoms with Crippen LogP contribution >= 0.6 is 0 Å². The average molecular weight is 390 g/mol. The minimum Gasteiger partial charge on any atom is -0.395 e. The minimum atomic E-state index is 0. The van der Waals surface area contributed by atoms with Crippen molar-refractivity contribution >= 4 is 0 Å². The Hall–Kier alpha value is 0.563. The van der Waals surface area contributed by atoms with Crippen LogP contribution in [-0.4, -0.2) is 119 Å². The van der Waals surface area contributed by atoms with Crippen LogP contribution in [0.5, 0.6) is 0 Å². The molecule has 0 aliphatic carbocycles. The van der Waals surface area contributed by atoms with Gasteiger partial charge in [-0.15, -0.1) is 0 Å². The summed E-state index contributed by atoms with van der Waals surface area (Å²) in [6, 6.07) is 0. The Labute approximate surface area is 145 Å². The van der Waals surface area contributed by atoms with Crippen LogP contribution in [0.1, 0.15) is 0 Å². The Morgan fingerprint density at radius 2 is 0.524 bits per heavy atom. The molecule has 0 atom stereocenters. The average Bonchev–Trinajstić information content (AvgIpc) is 2.41. The molecular formula is C12H30N2O6Zr. The number of nitrogens with zero attached hydrogens (tertiary/aromatic N) is 2. The van der Waals surface area contributed by atoms with Gasteiger partial charge >= 0.3 is 0 Å². The summed E-state index contributed by atoms with van der Waals surface area (Å²) >= 11 is 0. The van der Waals surface area contributed by atoms with Crippen molar-refractivity contribution in [2.75, 3.05) is 78.9 Å². The monoisotopic (exact) mass is 388 g/mol. The van der Waals surface area contributed by atoms with Crippen molar-refractivity contribution in [2.45, 2.75) is 0 Å². The van der Waals surface area contributed by atoms with Gasteiger partial charge in [-0.2, -0.15) is 0 Å². The molecule has 0 spiro atoms. The van der Waals surface area contributed by atoms with Gasteiger partial charge in [0.1, 0.15) is 0 Å². The summed E-state index contributed by atoms with van der Waals surface area (Å²) in [6.45, 7) is 3.51. The molecule has 9 heteroatoms. The van der Waals surface area contributed by atoms with Crippen LogP contribution in [0, 0.1) is 0 Å². The summed E-state index contributed by atoms with van der Waals surface area (Å²) in [4.78, 5) is 3.58. The maximum atomic E-state index is 8.48. The van der Waals surface area contributed by atoms with E-state index in [0.717, 1.165) is 0 Å². The standard InChI is InChI=1S/2C6H15NO3.Zr/c2*8-4-1-7(2-5-9)3-6-10;/h2*8-10H,1-6H2;. The first kappa shape index (κ1) is 26.5. The van der Waals surface area contributed by atoms with Crippen molar-refractivity contribution in [3.8, 4) is 0 Å². The van der Waals surface area contributed by atoms with Crippen molar-refractivity contribution in [1.29, 1.82) is 0 Å². The predicted octanol–water partition coefficient (Wildman–Crippen LogP) is -3.47. The van der Waals surface area contributed by atoms with Crippen molar-refractivity contribution in [3.63, 3.8) is 0 Å². The Morgan fingerprint density at radius 3 is 0.619 bits per heavy atom. The molecule has 0 unspecified atom stereocenters. The van der Waals surface area contributed by atoms with Gasteiger partial charge in [0, 0.05) is 65.5 Å². The SMILES string of the molecule is OCCN(CCO)CCO.OCCN(CCO)CCO.[Zr]. The second-order valence-corrected chi connectivity index (χ2v) is 4.02. The zero-order valence-electron chi connectivity index (χ0n) is 12.6. The second-order valence-electron chi connectivity index (χ2n) is 4.02. The maximum Gasteiger partial charge on any atom is 0.0558 e.